The summed E-state index contributed by atoms with van der Waals surface area (Å²) in [7, 11) is 0. The van der Waals surface area contributed by atoms with Gasteiger partial charge in [0.15, 0.2) is 0 Å². The molecular weight excluding hydrogens is 272 g/mol. The minimum atomic E-state index is -0.191. The maximum atomic E-state index is 12.5. The molecule has 0 aromatic rings. The van der Waals surface area contributed by atoms with E-state index in [2.05, 4.69) is 0 Å². The zero-order valence-electron chi connectivity index (χ0n) is 12.3. The van der Waals surface area contributed by atoms with Crippen molar-refractivity contribution in [3.63, 3.8) is 0 Å². The fourth-order valence-corrected chi connectivity index (χ4v) is 4.24. The normalized spacial score (nSPS) is 26.9. The molecule has 114 valence electrons. The first-order valence-corrected chi connectivity index (χ1v) is 8.91. The number of hydrogen-bond donors (Lipinski definition) is 1. The molecule has 2 fully saturated rings. The topological polar surface area (TPSA) is 63.4 Å². The van der Waals surface area contributed by atoms with E-state index in [0.29, 0.717) is 6.42 Å². The average Bonchev–Trinajstić information content (AvgIpc) is 2.64. The standard InChI is InChI=1S/C15H26N2O2S/c1-2-11(16)10-20-13-9-14(18)17(15(13)19)12-7-5-3-4-6-8-12/h11-13H,2-10,16H2,1H3. The summed E-state index contributed by atoms with van der Waals surface area (Å²) in [5, 5.41) is -0.191. The minimum Gasteiger partial charge on any atom is -0.327 e. The van der Waals surface area contributed by atoms with Crippen LogP contribution in [0.3, 0.4) is 0 Å². The van der Waals surface area contributed by atoms with Crippen LogP contribution in [0, 0.1) is 0 Å². The summed E-state index contributed by atoms with van der Waals surface area (Å²) in [6, 6.07) is 0.276. The summed E-state index contributed by atoms with van der Waals surface area (Å²) in [6.07, 6.45) is 8.00. The molecule has 1 saturated heterocycles. The summed E-state index contributed by atoms with van der Waals surface area (Å²) in [4.78, 5) is 26.2. The molecule has 1 heterocycles. The molecule has 0 bridgehead atoms. The van der Waals surface area contributed by atoms with Crippen molar-refractivity contribution in [3.05, 3.63) is 0 Å². The van der Waals surface area contributed by atoms with Crippen molar-refractivity contribution in [2.75, 3.05) is 5.75 Å². The molecule has 2 aliphatic rings. The molecule has 5 heteroatoms. The van der Waals surface area contributed by atoms with E-state index in [9.17, 15) is 9.59 Å². The van der Waals surface area contributed by atoms with Crippen LogP contribution in [0.25, 0.3) is 0 Å². The Labute approximate surface area is 125 Å². The molecule has 2 atom stereocenters. The number of carbonyl (C=O) groups excluding carboxylic acids is 2. The Balaban J connectivity index is 1.93. The largest absolute Gasteiger partial charge is 0.327 e. The Bertz CT molecular complexity index is 354. The number of amides is 2. The first-order chi connectivity index (χ1) is 9.63. The number of rotatable bonds is 5. The van der Waals surface area contributed by atoms with Crippen LogP contribution in [-0.2, 0) is 9.59 Å². The summed E-state index contributed by atoms with van der Waals surface area (Å²) in [5.41, 5.74) is 5.90. The second kappa shape index (κ2) is 7.46. The number of nitrogens with zero attached hydrogens (tertiary/aromatic N) is 1. The molecule has 1 aliphatic heterocycles. The van der Waals surface area contributed by atoms with E-state index in [1.807, 2.05) is 6.92 Å². The van der Waals surface area contributed by atoms with Gasteiger partial charge in [-0.2, -0.15) is 0 Å². The Morgan fingerprint density at radius 2 is 1.90 bits per heavy atom. The molecule has 0 aromatic carbocycles. The predicted molar refractivity (Wildman–Crippen MR) is 82.5 cm³/mol. The highest BCUT2D eigenvalue weighted by Crippen LogP contribution is 2.31. The maximum absolute atomic E-state index is 12.5. The lowest BCUT2D eigenvalue weighted by molar-refractivity contribution is -0.141. The Hall–Kier alpha value is -0.550. The van der Waals surface area contributed by atoms with Crippen molar-refractivity contribution >= 4 is 23.6 Å². The van der Waals surface area contributed by atoms with Crippen LogP contribution in [0.1, 0.15) is 58.3 Å². The van der Waals surface area contributed by atoms with Crippen molar-refractivity contribution in [1.29, 1.82) is 0 Å². The van der Waals surface area contributed by atoms with Gasteiger partial charge >= 0.3 is 0 Å². The zero-order chi connectivity index (χ0) is 14.5. The fraction of sp³-hybridized carbons (Fsp3) is 0.867. The summed E-state index contributed by atoms with van der Waals surface area (Å²) >= 11 is 1.56. The SMILES string of the molecule is CCC(N)CSC1CC(=O)N(C2CCCCCC2)C1=O. The highest BCUT2D eigenvalue weighted by atomic mass is 32.2. The third-order valence-electron chi connectivity index (χ3n) is 4.37. The number of hydrogen-bond acceptors (Lipinski definition) is 4. The molecule has 2 N–H and O–H groups in total. The molecule has 0 spiro atoms. The summed E-state index contributed by atoms with van der Waals surface area (Å²) in [6.45, 7) is 2.05. The first kappa shape index (κ1) is 15.8. The first-order valence-electron chi connectivity index (χ1n) is 7.86. The van der Waals surface area contributed by atoms with Crippen LogP contribution in [0.4, 0.5) is 0 Å². The molecule has 4 nitrogen and oxygen atoms in total. The van der Waals surface area contributed by atoms with Crippen LogP contribution >= 0.6 is 11.8 Å². The van der Waals surface area contributed by atoms with Gasteiger partial charge in [0, 0.05) is 24.3 Å². The van der Waals surface area contributed by atoms with E-state index in [-0.39, 0.29) is 29.1 Å². The van der Waals surface area contributed by atoms with E-state index in [0.717, 1.165) is 37.9 Å². The molecular formula is C15H26N2O2S. The van der Waals surface area contributed by atoms with Crippen molar-refractivity contribution in [2.45, 2.75) is 75.6 Å². The van der Waals surface area contributed by atoms with Gasteiger partial charge in [-0.05, 0) is 19.3 Å². The molecule has 2 rings (SSSR count). The molecule has 0 aromatic heterocycles. The number of thioether (sulfide) groups is 1. The number of carbonyl (C=O) groups is 2. The molecule has 2 unspecified atom stereocenters. The lowest BCUT2D eigenvalue weighted by Crippen LogP contribution is -2.40. The Morgan fingerprint density at radius 3 is 2.50 bits per heavy atom. The average molecular weight is 298 g/mol. The molecule has 20 heavy (non-hydrogen) atoms. The van der Waals surface area contributed by atoms with Gasteiger partial charge in [0.1, 0.15) is 0 Å². The number of nitrogens with two attached hydrogens (primary N) is 1. The van der Waals surface area contributed by atoms with E-state index >= 15 is 0 Å². The van der Waals surface area contributed by atoms with Gasteiger partial charge in [-0.3, -0.25) is 14.5 Å². The van der Waals surface area contributed by atoms with Gasteiger partial charge in [-0.1, -0.05) is 32.6 Å². The smallest absolute Gasteiger partial charge is 0.243 e. The van der Waals surface area contributed by atoms with Crippen molar-refractivity contribution in [1.82, 2.24) is 4.90 Å². The summed E-state index contributed by atoms with van der Waals surface area (Å²) < 4.78 is 0. The van der Waals surface area contributed by atoms with Crippen molar-refractivity contribution in [2.24, 2.45) is 5.73 Å². The van der Waals surface area contributed by atoms with Crippen molar-refractivity contribution in [3.8, 4) is 0 Å². The second-order valence-corrected chi connectivity index (χ2v) is 7.18. The fourth-order valence-electron chi connectivity index (χ4n) is 3.01. The van der Waals surface area contributed by atoms with Gasteiger partial charge in [0.2, 0.25) is 11.8 Å². The molecule has 1 aliphatic carbocycles. The van der Waals surface area contributed by atoms with E-state index < -0.39 is 0 Å². The highest BCUT2D eigenvalue weighted by molar-refractivity contribution is 8.00. The lowest BCUT2D eigenvalue weighted by atomic mass is 10.1. The quantitative estimate of drug-likeness (QED) is 0.625. The third kappa shape index (κ3) is 3.76. The highest BCUT2D eigenvalue weighted by Gasteiger charge is 2.42. The predicted octanol–water partition coefficient (Wildman–Crippen LogP) is 2.31. The Kier molecular flexibility index (Phi) is 5.90. The maximum Gasteiger partial charge on any atom is 0.243 e. The van der Waals surface area contributed by atoms with Gasteiger partial charge in [-0.15, -0.1) is 11.8 Å². The summed E-state index contributed by atoms with van der Waals surface area (Å²) in [5.74, 6) is 0.832. The van der Waals surface area contributed by atoms with E-state index in [1.54, 1.807) is 16.7 Å². The third-order valence-corrected chi connectivity index (χ3v) is 5.76. The zero-order valence-corrected chi connectivity index (χ0v) is 13.2. The van der Waals surface area contributed by atoms with Crippen LogP contribution in [0.2, 0.25) is 0 Å². The second-order valence-electron chi connectivity index (χ2n) is 5.94. The molecule has 2 amide bonds. The van der Waals surface area contributed by atoms with Gasteiger partial charge < -0.3 is 5.73 Å². The van der Waals surface area contributed by atoms with Crippen LogP contribution < -0.4 is 5.73 Å². The number of likely N-dealkylation sites (tertiary alicyclic amines) is 1. The van der Waals surface area contributed by atoms with Gasteiger partial charge in [-0.25, -0.2) is 0 Å². The molecule has 1 saturated carbocycles. The van der Waals surface area contributed by atoms with E-state index in [1.165, 1.54) is 12.8 Å². The van der Waals surface area contributed by atoms with E-state index in [4.69, 9.17) is 5.73 Å². The van der Waals surface area contributed by atoms with Crippen LogP contribution in [0.15, 0.2) is 0 Å². The number of imide groups is 1. The lowest BCUT2D eigenvalue weighted by Gasteiger charge is -2.25. The van der Waals surface area contributed by atoms with Crippen LogP contribution in [0.5, 0.6) is 0 Å². The Morgan fingerprint density at radius 1 is 1.25 bits per heavy atom. The van der Waals surface area contributed by atoms with Crippen LogP contribution in [-0.4, -0.2) is 39.8 Å². The van der Waals surface area contributed by atoms with Gasteiger partial charge in [0.05, 0.1) is 5.25 Å². The minimum absolute atomic E-state index is 0.0319. The van der Waals surface area contributed by atoms with Crippen molar-refractivity contribution < 1.29 is 9.59 Å². The van der Waals surface area contributed by atoms with Gasteiger partial charge in [0.25, 0.3) is 0 Å². The molecule has 0 radical (unpaired) electrons. The monoisotopic (exact) mass is 298 g/mol.